The molecule has 0 spiro atoms. The normalized spacial score (nSPS) is 17.5. The minimum atomic E-state index is -4.33. The molecule has 0 amide bonds. The molecular formula is C17H13F3O. The highest BCUT2D eigenvalue weighted by molar-refractivity contribution is 5.85. The summed E-state index contributed by atoms with van der Waals surface area (Å²) in [6.07, 6.45) is -2.42. The predicted molar refractivity (Wildman–Crippen MR) is 74.8 cm³/mol. The van der Waals surface area contributed by atoms with Crippen LogP contribution < -0.4 is 0 Å². The van der Waals surface area contributed by atoms with Crippen molar-refractivity contribution in [1.29, 1.82) is 0 Å². The summed E-state index contributed by atoms with van der Waals surface area (Å²) in [5, 5.41) is 9.43. The van der Waals surface area contributed by atoms with E-state index in [-0.39, 0.29) is 12.5 Å². The minimum Gasteiger partial charge on any atom is -0.395 e. The van der Waals surface area contributed by atoms with Crippen molar-refractivity contribution in [1.82, 2.24) is 0 Å². The van der Waals surface area contributed by atoms with Gasteiger partial charge in [-0.15, -0.1) is 0 Å². The van der Waals surface area contributed by atoms with Crippen molar-refractivity contribution in [3.63, 3.8) is 0 Å². The summed E-state index contributed by atoms with van der Waals surface area (Å²) in [5.41, 5.74) is 2.92. The van der Waals surface area contributed by atoms with Crippen LogP contribution in [0.3, 0.4) is 0 Å². The molecule has 0 saturated heterocycles. The van der Waals surface area contributed by atoms with Crippen LogP contribution in [0.25, 0.3) is 5.57 Å². The Morgan fingerprint density at radius 3 is 2.24 bits per heavy atom. The number of halogens is 3. The minimum absolute atomic E-state index is 0.0127. The molecule has 0 radical (unpaired) electrons. The summed E-state index contributed by atoms with van der Waals surface area (Å²) >= 11 is 0. The van der Waals surface area contributed by atoms with E-state index in [0.29, 0.717) is 0 Å². The van der Waals surface area contributed by atoms with Gasteiger partial charge in [-0.05, 0) is 34.4 Å². The van der Waals surface area contributed by atoms with Crippen LogP contribution in [0.2, 0.25) is 0 Å². The number of aliphatic hydroxyl groups is 1. The first kappa shape index (κ1) is 13.9. The topological polar surface area (TPSA) is 20.2 Å². The molecule has 1 nitrogen and oxygen atoms in total. The van der Waals surface area contributed by atoms with E-state index in [9.17, 15) is 18.3 Å². The van der Waals surface area contributed by atoms with E-state index in [0.717, 1.165) is 34.4 Å². The summed E-state index contributed by atoms with van der Waals surface area (Å²) < 4.78 is 37.8. The molecule has 1 aliphatic carbocycles. The fraction of sp³-hybridized carbons (Fsp3) is 0.176. The summed E-state index contributed by atoms with van der Waals surface area (Å²) in [7, 11) is 0. The molecule has 21 heavy (non-hydrogen) atoms. The fourth-order valence-electron chi connectivity index (χ4n) is 2.69. The molecule has 108 valence electrons. The predicted octanol–water partition coefficient (Wildman–Crippen LogP) is 4.23. The number of fused-ring (bicyclic) bond motifs is 1. The zero-order valence-corrected chi connectivity index (χ0v) is 11.1. The van der Waals surface area contributed by atoms with Crippen LogP contribution in [0.1, 0.15) is 28.2 Å². The van der Waals surface area contributed by atoms with Crippen LogP contribution in [0.5, 0.6) is 0 Å². The summed E-state index contributed by atoms with van der Waals surface area (Å²) in [6, 6.07) is 12.8. The molecule has 2 aromatic rings. The monoisotopic (exact) mass is 290 g/mol. The molecule has 3 rings (SSSR count). The Morgan fingerprint density at radius 1 is 0.952 bits per heavy atom. The van der Waals surface area contributed by atoms with Gasteiger partial charge in [0.05, 0.1) is 12.2 Å². The van der Waals surface area contributed by atoms with E-state index in [1.807, 2.05) is 30.3 Å². The first-order chi connectivity index (χ1) is 10.0. The Bertz CT molecular complexity index is 684. The van der Waals surface area contributed by atoms with Crippen molar-refractivity contribution in [2.24, 2.45) is 0 Å². The Kier molecular flexibility index (Phi) is 3.33. The third-order valence-electron chi connectivity index (χ3n) is 3.74. The van der Waals surface area contributed by atoms with Gasteiger partial charge < -0.3 is 5.11 Å². The van der Waals surface area contributed by atoms with Crippen LogP contribution in [-0.4, -0.2) is 11.7 Å². The molecule has 1 atom stereocenters. The van der Waals surface area contributed by atoms with Gasteiger partial charge in [0.15, 0.2) is 0 Å². The van der Waals surface area contributed by atoms with Gasteiger partial charge in [0.2, 0.25) is 0 Å². The fourth-order valence-corrected chi connectivity index (χ4v) is 2.69. The third kappa shape index (κ3) is 2.47. The maximum Gasteiger partial charge on any atom is 0.416 e. The molecule has 1 unspecified atom stereocenters. The smallest absolute Gasteiger partial charge is 0.395 e. The average molecular weight is 290 g/mol. The number of benzene rings is 2. The molecule has 0 aliphatic heterocycles. The maximum atomic E-state index is 12.6. The molecule has 2 aromatic carbocycles. The van der Waals surface area contributed by atoms with Crippen molar-refractivity contribution in [2.45, 2.75) is 12.1 Å². The molecule has 4 heteroatoms. The van der Waals surface area contributed by atoms with Crippen LogP contribution in [0.15, 0.2) is 54.6 Å². The molecular weight excluding hydrogens is 277 g/mol. The lowest BCUT2D eigenvalue weighted by Gasteiger charge is -2.09. The Morgan fingerprint density at radius 2 is 1.62 bits per heavy atom. The van der Waals surface area contributed by atoms with E-state index in [1.54, 1.807) is 0 Å². The van der Waals surface area contributed by atoms with E-state index in [2.05, 4.69) is 0 Å². The SMILES string of the molecule is OCC1C=C(c2ccc(C(F)(F)F)cc2)c2ccccc21. The third-order valence-corrected chi connectivity index (χ3v) is 3.74. The molecule has 0 bridgehead atoms. The zero-order valence-electron chi connectivity index (χ0n) is 11.1. The molecule has 0 fully saturated rings. The largest absolute Gasteiger partial charge is 0.416 e. The highest BCUT2D eigenvalue weighted by Gasteiger charge is 2.30. The highest BCUT2D eigenvalue weighted by atomic mass is 19.4. The van der Waals surface area contributed by atoms with Gasteiger partial charge in [-0.25, -0.2) is 0 Å². The first-order valence-electron chi connectivity index (χ1n) is 6.60. The molecule has 0 saturated carbocycles. The highest BCUT2D eigenvalue weighted by Crippen LogP contribution is 2.39. The maximum absolute atomic E-state index is 12.6. The van der Waals surface area contributed by atoms with E-state index < -0.39 is 11.7 Å². The number of hydrogen-bond acceptors (Lipinski definition) is 1. The first-order valence-corrected chi connectivity index (χ1v) is 6.60. The van der Waals surface area contributed by atoms with Gasteiger partial charge in [-0.2, -0.15) is 13.2 Å². The van der Waals surface area contributed by atoms with Crippen LogP contribution in [0, 0.1) is 0 Å². The lowest BCUT2D eigenvalue weighted by molar-refractivity contribution is -0.137. The average Bonchev–Trinajstić information content (AvgIpc) is 2.85. The van der Waals surface area contributed by atoms with Gasteiger partial charge in [0, 0.05) is 5.92 Å². The van der Waals surface area contributed by atoms with E-state index in [4.69, 9.17) is 0 Å². The van der Waals surface area contributed by atoms with Gasteiger partial charge in [-0.1, -0.05) is 42.5 Å². The van der Waals surface area contributed by atoms with Crippen LogP contribution >= 0.6 is 0 Å². The summed E-state index contributed by atoms with van der Waals surface area (Å²) in [5.74, 6) is -0.0986. The van der Waals surface area contributed by atoms with Gasteiger partial charge in [-0.3, -0.25) is 0 Å². The van der Waals surface area contributed by atoms with Crippen molar-refractivity contribution >= 4 is 5.57 Å². The number of aliphatic hydroxyl groups excluding tert-OH is 1. The van der Waals surface area contributed by atoms with Gasteiger partial charge in [0.25, 0.3) is 0 Å². The summed E-state index contributed by atoms with van der Waals surface area (Å²) in [6.45, 7) is -0.0127. The molecule has 0 aromatic heterocycles. The number of hydrogen-bond donors (Lipinski definition) is 1. The van der Waals surface area contributed by atoms with Crippen molar-refractivity contribution in [3.05, 3.63) is 76.9 Å². The van der Waals surface area contributed by atoms with Crippen molar-refractivity contribution < 1.29 is 18.3 Å². The summed E-state index contributed by atoms with van der Waals surface area (Å²) in [4.78, 5) is 0. The Balaban J connectivity index is 2.02. The second-order valence-electron chi connectivity index (χ2n) is 5.03. The standard InChI is InChI=1S/C17H13F3O/c18-17(19,20)13-7-5-11(6-8-13)16-9-12(10-21)14-3-1-2-4-15(14)16/h1-9,12,21H,10H2. The quantitative estimate of drug-likeness (QED) is 0.877. The second-order valence-corrected chi connectivity index (χ2v) is 5.03. The second kappa shape index (κ2) is 5.04. The van der Waals surface area contributed by atoms with Crippen molar-refractivity contribution in [3.8, 4) is 0 Å². The zero-order chi connectivity index (χ0) is 15.0. The van der Waals surface area contributed by atoms with Crippen LogP contribution in [0.4, 0.5) is 13.2 Å². The Labute approximate surface area is 120 Å². The van der Waals surface area contributed by atoms with Gasteiger partial charge >= 0.3 is 6.18 Å². The number of rotatable bonds is 2. The number of alkyl halides is 3. The van der Waals surface area contributed by atoms with E-state index >= 15 is 0 Å². The molecule has 1 N–H and O–H groups in total. The van der Waals surface area contributed by atoms with E-state index in [1.165, 1.54) is 12.1 Å². The Hall–Kier alpha value is -2.07. The van der Waals surface area contributed by atoms with Crippen molar-refractivity contribution in [2.75, 3.05) is 6.61 Å². The van der Waals surface area contributed by atoms with Gasteiger partial charge in [0.1, 0.15) is 0 Å². The molecule has 1 aliphatic rings. The lowest BCUT2D eigenvalue weighted by atomic mass is 9.97. The lowest BCUT2D eigenvalue weighted by Crippen LogP contribution is -2.04. The molecule has 0 heterocycles. The van der Waals surface area contributed by atoms with Crippen LogP contribution in [-0.2, 0) is 6.18 Å².